The molecule has 0 aromatic rings. The quantitative estimate of drug-likeness (QED) is 0.778. The van der Waals surface area contributed by atoms with Crippen LogP contribution >= 0.6 is 0 Å². The van der Waals surface area contributed by atoms with Crippen LogP contribution in [0.1, 0.15) is 52.4 Å². The summed E-state index contributed by atoms with van der Waals surface area (Å²) in [5.41, 5.74) is 6.22. The minimum Gasteiger partial charge on any atom is -0.327 e. The molecular weight excluding hydrogens is 196 g/mol. The van der Waals surface area contributed by atoms with E-state index in [9.17, 15) is 0 Å². The maximum Gasteiger partial charge on any atom is 0.0171 e. The molecule has 2 heteroatoms. The predicted molar refractivity (Wildman–Crippen MR) is 69.4 cm³/mol. The molecule has 2 fully saturated rings. The van der Waals surface area contributed by atoms with Gasteiger partial charge in [0.2, 0.25) is 0 Å². The van der Waals surface area contributed by atoms with E-state index in [0.717, 1.165) is 24.4 Å². The normalized spacial score (nSPS) is 33.9. The van der Waals surface area contributed by atoms with E-state index in [4.69, 9.17) is 5.73 Å². The van der Waals surface area contributed by atoms with Crippen LogP contribution in [0.4, 0.5) is 0 Å². The van der Waals surface area contributed by atoms with Crippen molar-refractivity contribution < 1.29 is 0 Å². The summed E-state index contributed by atoms with van der Waals surface area (Å²) < 4.78 is 0. The summed E-state index contributed by atoms with van der Waals surface area (Å²) >= 11 is 0. The lowest BCUT2D eigenvalue weighted by atomic mass is 9.89. The van der Waals surface area contributed by atoms with Crippen molar-refractivity contribution in [2.24, 2.45) is 17.6 Å². The Kier molecular flexibility index (Phi) is 4.26. The summed E-state index contributed by atoms with van der Waals surface area (Å²) in [6.07, 6.45) is 8.17. The first-order chi connectivity index (χ1) is 7.74. The number of nitrogens with zero attached hydrogens (tertiary/aromatic N) is 1. The van der Waals surface area contributed by atoms with Gasteiger partial charge in [0, 0.05) is 25.2 Å². The molecule has 0 bridgehead atoms. The van der Waals surface area contributed by atoms with Gasteiger partial charge in [0.25, 0.3) is 0 Å². The Morgan fingerprint density at radius 3 is 2.56 bits per heavy atom. The molecule has 3 atom stereocenters. The minimum absolute atomic E-state index is 0.429. The van der Waals surface area contributed by atoms with Crippen LogP contribution in [0.15, 0.2) is 0 Å². The molecule has 0 spiro atoms. The zero-order chi connectivity index (χ0) is 11.5. The summed E-state index contributed by atoms with van der Waals surface area (Å²) in [4.78, 5) is 2.71. The lowest BCUT2D eigenvalue weighted by Crippen LogP contribution is -2.51. The Bertz CT molecular complexity index is 213. The van der Waals surface area contributed by atoms with Gasteiger partial charge >= 0.3 is 0 Å². The number of piperidine rings is 1. The molecule has 0 aromatic carbocycles. The number of hydrogen-bond donors (Lipinski definition) is 1. The van der Waals surface area contributed by atoms with Crippen molar-refractivity contribution in [3.05, 3.63) is 0 Å². The van der Waals surface area contributed by atoms with Crippen molar-refractivity contribution in [2.45, 2.75) is 64.5 Å². The molecular formula is C14H28N2. The second-order valence-corrected chi connectivity index (χ2v) is 5.92. The standard InChI is InChI=1S/C14H28N2/c1-3-5-11-8-13(15)10-16(9-11)14(4-2)12-6-7-12/h11-14H,3-10,15H2,1-2H3. The van der Waals surface area contributed by atoms with E-state index in [0.29, 0.717) is 6.04 Å². The van der Waals surface area contributed by atoms with Crippen molar-refractivity contribution >= 4 is 0 Å². The van der Waals surface area contributed by atoms with Crippen LogP contribution in [-0.4, -0.2) is 30.1 Å². The summed E-state index contributed by atoms with van der Waals surface area (Å²) in [6, 6.07) is 1.27. The number of nitrogens with two attached hydrogens (primary N) is 1. The van der Waals surface area contributed by atoms with E-state index in [-0.39, 0.29) is 0 Å². The highest BCUT2D eigenvalue weighted by Gasteiger charge is 2.37. The average molecular weight is 224 g/mol. The van der Waals surface area contributed by atoms with Crippen LogP contribution in [0.25, 0.3) is 0 Å². The highest BCUT2D eigenvalue weighted by Crippen LogP contribution is 2.38. The van der Waals surface area contributed by atoms with Crippen molar-refractivity contribution in [2.75, 3.05) is 13.1 Å². The third-order valence-electron chi connectivity index (χ3n) is 4.35. The maximum absolute atomic E-state index is 6.22. The Labute approximate surface area is 101 Å². The zero-order valence-electron chi connectivity index (χ0n) is 11.0. The lowest BCUT2D eigenvalue weighted by Gasteiger charge is -2.41. The second kappa shape index (κ2) is 5.50. The van der Waals surface area contributed by atoms with Crippen LogP contribution in [0.3, 0.4) is 0 Å². The SMILES string of the molecule is CCCC1CC(N)CN(C(CC)C2CC2)C1. The molecule has 1 aliphatic heterocycles. The number of likely N-dealkylation sites (tertiary alicyclic amines) is 1. The summed E-state index contributed by atoms with van der Waals surface area (Å²) in [5, 5.41) is 0. The van der Waals surface area contributed by atoms with Gasteiger partial charge in [0.15, 0.2) is 0 Å². The molecule has 0 radical (unpaired) electrons. The van der Waals surface area contributed by atoms with E-state index in [2.05, 4.69) is 18.7 Å². The molecule has 94 valence electrons. The van der Waals surface area contributed by atoms with Gasteiger partial charge in [-0.15, -0.1) is 0 Å². The van der Waals surface area contributed by atoms with E-state index in [1.807, 2.05) is 0 Å². The minimum atomic E-state index is 0.429. The summed E-state index contributed by atoms with van der Waals surface area (Å²) in [7, 11) is 0. The van der Waals surface area contributed by atoms with Gasteiger partial charge < -0.3 is 5.73 Å². The lowest BCUT2D eigenvalue weighted by molar-refractivity contribution is 0.0907. The van der Waals surface area contributed by atoms with Gasteiger partial charge in [0.1, 0.15) is 0 Å². The Morgan fingerprint density at radius 1 is 1.25 bits per heavy atom. The molecule has 1 heterocycles. The van der Waals surface area contributed by atoms with Gasteiger partial charge in [-0.05, 0) is 43.9 Å². The van der Waals surface area contributed by atoms with Gasteiger partial charge in [0.05, 0.1) is 0 Å². The first kappa shape index (κ1) is 12.4. The molecule has 3 unspecified atom stereocenters. The molecule has 16 heavy (non-hydrogen) atoms. The van der Waals surface area contributed by atoms with E-state index >= 15 is 0 Å². The monoisotopic (exact) mass is 224 g/mol. The zero-order valence-corrected chi connectivity index (χ0v) is 11.0. The Balaban J connectivity index is 1.91. The van der Waals surface area contributed by atoms with Gasteiger partial charge in [-0.3, -0.25) is 4.90 Å². The highest BCUT2D eigenvalue weighted by molar-refractivity contribution is 4.92. The highest BCUT2D eigenvalue weighted by atomic mass is 15.2. The number of rotatable bonds is 5. The van der Waals surface area contributed by atoms with Crippen molar-refractivity contribution in [3.8, 4) is 0 Å². The van der Waals surface area contributed by atoms with Crippen molar-refractivity contribution in [1.82, 2.24) is 4.90 Å². The van der Waals surface area contributed by atoms with Crippen LogP contribution < -0.4 is 5.73 Å². The molecule has 2 rings (SSSR count). The Hall–Kier alpha value is -0.0800. The van der Waals surface area contributed by atoms with Crippen LogP contribution in [0, 0.1) is 11.8 Å². The third kappa shape index (κ3) is 2.98. The molecule has 2 N–H and O–H groups in total. The van der Waals surface area contributed by atoms with Crippen molar-refractivity contribution in [1.29, 1.82) is 0 Å². The Morgan fingerprint density at radius 2 is 2.00 bits per heavy atom. The van der Waals surface area contributed by atoms with Crippen LogP contribution in [0.5, 0.6) is 0 Å². The molecule has 2 nitrogen and oxygen atoms in total. The second-order valence-electron chi connectivity index (χ2n) is 5.92. The fourth-order valence-electron chi connectivity index (χ4n) is 3.54. The van der Waals surface area contributed by atoms with E-state index in [1.54, 1.807) is 0 Å². The van der Waals surface area contributed by atoms with Gasteiger partial charge in [-0.2, -0.15) is 0 Å². The summed E-state index contributed by atoms with van der Waals surface area (Å²) in [5.74, 6) is 1.86. The largest absolute Gasteiger partial charge is 0.327 e. The van der Waals surface area contributed by atoms with E-state index < -0.39 is 0 Å². The van der Waals surface area contributed by atoms with Gasteiger partial charge in [-0.25, -0.2) is 0 Å². The average Bonchev–Trinajstić information content (AvgIpc) is 3.03. The van der Waals surface area contributed by atoms with E-state index in [1.165, 1.54) is 45.1 Å². The molecule has 1 saturated heterocycles. The van der Waals surface area contributed by atoms with Crippen molar-refractivity contribution in [3.63, 3.8) is 0 Å². The third-order valence-corrected chi connectivity index (χ3v) is 4.35. The molecule has 0 amide bonds. The molecule has 1 aliphatic carbocycles. The predicted octanol–water partition coefficient (Wildman–Crippen LogP) is 2.62. The number of hydrogen-bond acceptors (Lipinski definition) is 2. The van der Waals surface area contributed by atoms with Gasteiger partial charge in [-0.1, -0.05) is 20.3 Å². The molecule has 2 aliphatic rings. The van der Waals surface area contributed by atoms with Crippen LogP contribution in [-0.2, 0) is 0 Å². The first-order valence-electron chi connectivity index (χ1n) is 7.24. The topological polar surface area (TPSA) is 29.3 Å². The fraction of sp³-hybridized carbons (Fsp3) is 1.00. The fourth-order valence-corrected chi connectivity index (χ4v) is 3.54. The molecule has 0 aromatic heterocycles. The molecule has 1 saturated carbocycles. The smallest absolute Gasteiger partial charge is 0.0171 e. The summed E-state index contributed by atoms with van der Waals surface area (Å²) in [6.45, 7) is 7.10. The maximum atomic E-state index is 6.22. The van der Waals surface area contributed by atoms with Crippen LogP contribution in [0.2, 0.25) is 0 Å². The first-order valence-corrected chi connectivity index (χ1v) is 7.24.